The van der Waals surface area contributed by atoms with E-state index in [-0.39, 0.29) is 5.91 Å². The van der Waals surface area contributed by atoms with Crippen LogP contribution in [0.3, 0.4) is 0 Å². The zero-order valence-corrected chi connectivity index (χ0v) is 15.1. The number of amides is 1. The second-order valence-electron chi connectivity index (χ2n) is 6.08. The molecule has 5 heteroatoms. The van der Waals surface area contributed by atoms with Gasteiger partial charge in [0, 0.05) is 6.92 Å². The van der Waals surface area contributed by atoms with Gasteiger partial charge in [-0.3, -0.25) is 4.79 Å². The molecule has 1 unspecified atom stereocenters. The van der Waals surface area contributed by atoms with E-state index in [0.29, 0.717) is 12.8 Å². The third kappa shape index (κ3) is 10.1. The zero-order chi connectivity index (χ0) is 17.7. The summed E-state index contributed by atoms with van der Waals surface area (Å²) in [4.78, 5) is 22.9. The second kappa shape index (κ2) is 12.1. The number of aliphatic hydroxyl groups is 1. The maximum Gasteiger partial charge on any atom is 0.332 e. The smallest absolute Gasteiger partial charge is 0.332 e. The van der Waals surface area contributed by atoms with Crippen molar-refractivity contribution in [2.24, 2.45) is 0 Å². The van der Waals surface area contributed by atoms with E-state index in [4.69, 9.17) is 0 Å². The Labute approximate surface area is 140 Å². The number of hydrogen-bond donors (Lipinski definition) is 2. The normalized spacial score (nSPS) is 15.2. The molecule has 5 nitrogen and oxygen atoms in total. The van der Waals surface area contributed by atoms with Crippen molar-refractivity contribution in [2.75, 3.05) is 7.11 Å². The average Bonchev–Trinajstić information content (AvgIpc) is 2.50. The van der Waals surface area contributed by atoms with Crippen molar-refractivity contribution in [2.45, 2.75) is 83.8 Å². The lowest BCUT2D eigenvalue weighted by Gasteiger charge is -2.25. The quantitative estimate of drug-likeness (QED) is 0.328. The van der Waals surface area contributed by atoms with Crippen molar-refractivity contribution in [1.82, 2.24) is 5.32 Å². The predicted molar refractivity (Wildman–Crippen MR) is 92.0 cm³/mol. The van der Waals surface area contributed by atoms with Crippen LogP contribution in [-0.2, 0) is 14.3 Å². The monoisotopic (exact) mass is 327 g/mol. The molecular formula is C18H33NO4. The molecule has 0 heterocycles. The molecule has 0 saturated carbocycles. The molecule has 0 aliphatic heterocycles. The second-order valence-corrected chi connectivity index (χ2v) is 6.08. The molecule has 0 saturated heterocycles. The summed E-state index contributed by atoms with van der Waals surface area (Å²) in [6.45, 7) is 5.53. The van der Waals surface area contributed by atoms with E-state index in [0.717, 1.165) is 19.3 Å². The molecular weight excluding hydrogens is 294 g/mol. The average molecular weight is 327 g/mol. The molecule has 0 aromatic heterocycles. The Hall–Kier alpha value is -1.36. The van der Waals surface area contributed by atoms with Gasteiger partial charge < -0.3 is 15.2 Å². The van der Waals surface area contributed by atoms with Crippen molar-refractivity contribution >= 4 is 11.9 Å². The molecule has 23 heavy (non-hydrogen) atoms. The Bertz CT molecular complexity index is 381. The van der Waals surface area contributed by atoms with Crippen LogP contribution in [-0.4, -0.2) is 35.7 Å². The molecule has 0 rings (SSSR count). The van der Waals surface area contributed by atoms with E-state index in [2.05, 4.69) is 17.0 Å². The highest BCUT2D eigenvalue weighted by Gasteiger charge is 2.24. The number of rotatable bonds is 12. The molecule has 0 aliphatic carbocycles. The van der Waals surface area contributed by atoms with Gasteiger partial charge in [0.05, 0.1) is 12.7 Å². The van der Waals surface area contributed by atoms with Gasteiger partial charge in [0.25, 0.3) is 0 Å². The fourth-order valence-electron chi connectivity index (χ4n) is 2.57. The topological polar surface area (TPSA) is 75.6 Å². The van der Waals surface area contributed by atoms with Crippen molar-refractivity contribution in [1.29, 1.82) is 0 Å². The predicted octanol–water partition coefficient (Wildman–Crippen LogP) is 3.11. The highest BCUT2D eigenvalue weighted by Crippen LogP contribution is 2.23. The summed E-state index contributed by atoms with van der Waals surface area (Å²) < 4.78 is 4.68. The lowest BCUT2D eigenvalue weighted by Crippen LogP contribution is -2.39. The minimum atomic E-state index is -0.939. The third-order valence-electron chi connectivity index (χ3n) is 3.81. The molecule has 0 radical (unpaired) electrons. The van der Waals surface area contributed by atoms with Crippen LogP contribution in [0.2, 0.25) is 0 Å². The summed E-state index contributed by atoms with van der Waals surface area (Å²) in [7, 11) is 1.27. The van der Waals surface area contributed by atoms with E-state index in [1.165, 1.54) is 39.4 Å². The minimum Gasteiger partial charge on any atom is -0.467 e. The maximum atomic E-state index is 11.7. The van der Waals surface area contributed by atoms with Gasteiger partial charge in [-0.15, -0.1) is 0 Å². The summed E-state index contributed by atoms with van der Waals surface area (Å²) in [5.41, 5.74) is -0.939. The van der Waals surface area contributed by atoms with Gasteiger partial charge in [0.2, 0.25) is 5.91 Å². The molecule has 2 N–H and O–H groups in total. The summed E-state index contributed by atoms with van der Waals surface area (Å²) >= 11 is 0. The van der Waals surface area contributed by atoms with E-state index >= 15 is 0 Å². The van der Waals surface area contributed by atoms with Crippen LogP contribution in [0, 0.1) is 0 Å². The van der Waals surface area contributed by atoms with E-state index in [1.54, 1.807) is 6.08 Å². The number of methoxy groups -OCH3 is 1. The fraction of sp³-hybridized carbons (Fsp3) is 0.778. The van der Waals surface area contributed by atoms with Gasteiger partial charge in [-0.2, -0.15) is 0 Å². The SMILES string of the molecule is CCCCCCCC(O)(/C=C/[C@H](NC(C)=O)C(=O)OC)CCC. The summed E-state index contributed by atoms with van der Waals surface area (Å²) in [6.07, 6.45) is 11.0. The number of carbonyl (C=O) groups is 2. The highest BCUT2D eigenvalue weighted by atomic mass is 16.5. The highest BCUT2D eigenvalue weighted by molar-refractivity contribution is 5.84. The van der Waals surface area contributed by atoms with Crippen molar-refractivity contribution < 1.29 is 19.4 Å². The molecule has 0 aromatic carbocycles. The first-order valence-electron chi connectivity index (χ1n) is 8.65. The van der Waals surface area contributed by atoms with Crippen molar-refractivity contribution in [3.8, 4) is 0 Å². The molecule has 1 amide bonds. The number of esters is 1. The number of unbranched alkanes of at least 4 members (excludes halogenated alkanes) is 4. The van der Waals surface area contributed by atoms with Gasteiger partial charge in [-0.1, -0.05) is 64.5 Å². The minimum absolute atomic E-state index is 0.316. The zero-order valence-electron chi connectivity index (χ0n) is 15.1. The molecule has 0 fully saturated rings. The van der Waals surface area contributed by atoms with Crippen LogP contribution in [0.5, 0.6) is 0 Å². The van der Waals surface area contributed by atoms with Gasteiger partial charge >= 0.3 is 5.97 Å². The van der Waals surface area contributed by atoms with Gasteiger partial charge in [-0.25, -0.2) is 4.79 Å². The molecule has 0 spiro atoms. The Morgan fingerprint density at radius 2 is 1.78 bits per heavy atom. The van der Waals surface area contributed by atoms with Crippen LogP contribution in [0.4, 0.5) is 0 Å². The molecule has 0 aliphatic rings. The van der Waals surface area contributed by atoms with E-state index in [1.807, 2.05) is 6.92 Å². The van der Waals surface area contributed by atoms with Crippen LogP contribution in [0.25, 0.3) is 0 Å². The summed E-state index contributed by atoms with van der Waals surface area (Å²) in [5.74, 6) is -0.859. The van der Waals surface area contributed by atoms with E-state index < -0.39 is 17.6 Å². The van der Waals surface area contributed by atoms with E-state index in [9.17, 15) is 14.7 Å². The maximum absolute atomic E-state index is 11.7. The van der Waals surface area contributed by atoms with Crippen LogP contribution in [0.1, 0.15) is 72.1 Å². The number of ether oxygens (including phenoxy) is 1. The summed E-state index contributed by atoms with van der Waals surface area (Å²) in [5, 5.41) is 13.3. The van der Waals surface area contributed by atoms with Crippen LogP contribution in [0.15, 0.2) is 12.2 Å². The Kier molecular flexibility index (Phi) is 11.4. The Balaban J connectivity index is 4.76. The van der Waals surface area contributed by atoms with Gasteiger partial charge in [0.15, 0.2) is 0 Å². The third-order valence-corrected chi connectivity index (χ3v) is 3.81. The molecule has 2 atom stereocenters. The summed E-state index contributed by atoms with van der Waals surface area (Å²) in [6, 6.07) is -0.860. The number of hydrogen-bond acceptors (Lipinski definition) is 4. The standard InChI is InChI=1S/C18H33NO4/c1-5-7-8-9-10-13-18(22,12-6-2)14-11-16(17(21)23-4)19-15(3)20/h11,14,16,22H,5-10,12-13H2,1-4H3,(H,19,20)/b14-11+/t16-,18?/m0/s1. The van der Waals surface area contributed by atoms with Crippen molar-refractivity contribution in [3.63, 3.8) is 0 Å². The molecule has 0 aromatic rings. The first-order valence-corrected chi connectivity index (χ1v) is 8.65. The largest absolute Gasteiger partial charge is 0.467 e. The van der Waals surface area contributed by atoms with Gasteiger partial charge in [0.1, 0.15) is 6.04 Å². The molecule has 134 valence electrons. The number of nitrogens with one attached hydrogen (secondary N) is 1. The van der Waals surface area contributed by atoms with Crippen LogP contribution >= 0.6 is 0 Å². The van der Waals surface area contributed by atoms with Crippen molar-refractivity contribution in [3.05, 3.63) is 12.2 Å². The van der Waals surface area contributed by atoms with Gasteiger partial charge in [-0.05, 0) is 12.8 Å². The Morgan fingerprint density at radius 3 is 2.30 bits per heavy atom. The Morgan fingerprint density at radius 1 is 1.13 bits per heavy atom. The number of carbonyl (C=O) groups excluding carboxylic acids is 2. The lowest BCUT2D eigenvalue weighted by atomic mass is 9.90. The first kappa shape index (κ1) is 21.6. The van der Waals surface area contributed by atoms with Crippen LogP contribution < -0.4 is 5.32 Å². The first-order chi connectivity index (χ1) is 10.9. The molecule has 0 bridgehead atoms. The fourth-order valence-corrected chi connectivity index (χ4v) is 2.57. The lowest BCUT2D eigenvalue weighted by molar-refractivity contribution is -0.143.